The second-order valence-corrected chi connectivity index (χ2v) is 4.45. The van der Waals surface area contributed by atoms with Gasteiger partial charge in [0.1, 0.15) is 12.4 Å². The van der Waals surface area contributed by atoms with E-state index in [2.05, 4.69) is 10.4 Å². The highest BCUT2D eigenvalue weighted by atomic mass is 16.5. The summed E-state index contributed by atoms with van der Waals surface area (Å²) in [6.07, 6.45) is 0.931. The minimum Gasteiger partial charge on any atom is -0.485 e. The molecule has 2 aromatic rings. The van der Waals surface area contributed by atoms with Gasteiger partial charge in [-0.3, -0.25) is 4.68 Å². The third-order valence-electron chi connectivity index (χ3n) is 2.92. The first kappa shape index (κ1) is 14.4. The van der Waals surface area contributed by atoms with Crippen LogP contribution in [-0.4, -0.2) is 39.2 Å². The SMILES string of the molecule is Cn1nccc1COc1ccccc1NCC(O)CO. The molecule has 0 aliphatic heterocycles. The number of anilines is 1. The van der Waals surface area contributed by atoms with Gasteiger partial charge in [0.15, 0.2) is 0 Å². The van der Waals surface area contributed by atoms with Gasteiger partial charge in [0.2, 0.25) is 0 Å². The predicted octanol–water partition coefficient (Wildman–Crippen LogP) is 0.764. The molecule has 0 aliphatic rings. The molecule has 1 unspecified atom stereocenters. The normalized spacial score (nSPS) is 12.2. The molecule has 0 saturated heterocycles. The van der Waals surface area contributed by atoms with Crippen LogP contribution in [0.15, 0.2) is 36.5 Å². The molecular formula is C14H19N3O3. The molecule has 1 aromatic carbocycles. The Hall–Kier alpha value is -2.05. The average Bonchev–Trinajstić information content (AvgIpc) is 2.88. The van der Waals surface area contributed by atoms with Crippen LogP contribution in [0.25, 0.3) is 0 Å². The summed E-state index contributed by atoms with van der Waals surface area (Å²) >= 11 is 0. The first-order valence-corrected chi connectivity index (χ1v) is 6.42. The van der Waals surface area contributed by atoms with E-state index in [0.717, 1.165) is 11.4 Å². The Balaban J connectivity index is 1.98. The number of para-hydroxylation sites is 2. The Morgan fingerprint density at radius 2 is 2.15 bits per heavy atom. The van der Waals surface area contributed by atoms with Gasteiger partial charge in [0.25, 0.3) is 0 Å². The van der Waals surface area contributed by atoms with Crippen LogP contribution in [0.3, 0.4) is 0 Å². The number of aryl methyl sites for hydroxylation is 1. The minimum absolute atomic E-state index is 0.266. The quantitative estimate of drug-likeness (QED) is 0.696. The van der Waals surface area contributed by atoms with Crippen molar-refractivity contribution in [3.05, 3.63) is 42.2 Å². The molecule has 0 bridgehead atoms. The van der Waals surface area contributed by atoms with Gasteiger partial charge in [-0.1, -0.05) is 12.1 Å². The molecule has 6 nitrogen and oxygen atoms in total. The van der Waals surface area contributed by atoms with Crippen LogP contribution < -0.4 is 10.1 Å². The molecule has 0 spiro atoms. The van der Waals surface area contributed by atoms with Crippen molar-refractivity contribution < 1.29 is 14.9 Å². The number of ether oxygens (including phenoxy) is 1. The van der Waals surface area contributed by atoms with E-state index < -0.39 is 6.10 Å². The van der Waals surface area contributed by atoms with Gasteiger partial charge in [-0.15, -0.1) is 0 Å². The van der Waals surface area contributed by atoms with Gasteiger partial charge in [0.05, 0.1) is 24.1 Å². The van der Waals surface area contributed by atoms with Gasteiger partial charge in [-0.2, -0.15) is 5.10 Å². The van der Waals surface area contributed by atoms with Crippen LogP contribution in [-0.2, 0) is 13.7 Å². The van der Waals surface area contributed by atoms with E-state index in [1.54, 1.807) is 10.9 Å². The molecule has 20 heavy (non-hydrogen) atoms. The van der Waals surface area contributed by atoms with E-state index in [-0.39, 0.29) is 13.2 Å². The topological polar surface area (TPSA) is 79.5 Å². The van der Waals surface area contributed by atoms with Crippen molar-refractivity contribution in [1.82, 2.24) is 9.78 Å². The third-order valence-corrected chi connectivity index (χ3v) is 2.92. The number of nitrogens with zero attached hydrogens (tertiary/aromatic N) is 2. The summed E-state index contributed by atoms with van der Waals surface area (Å²) in [5.74, 6) is 0.693. The van der Waals surface area contributed by atoms with E-state index in [4.69, 9.17) is 9.84 Å². The highest BCUT2D eigenvalue weighted by Crippen LogP contribution is 2.24. The van der Waals surface area contributed by atoms with Crippen molar-refractivity contribution >= 4 is 5.69 Å². The number of rotatable bonds is 7. The van der Waals surface area contributed by atoms with Crippen LogP contribution in [0.5, 0.6) is 5.75 Å². The molecule has 0 saturated carbocycles. The number of benzene rings is 1. The zero-order valence-corrected chi connectivity index (χ0v) is 11.4. The molecule has 1 atom stereocenters. The average molecular weight is 277 g/mol. The fourth-order valence-corrected chi connectivity index (χ4v) is 1.73. The molecule has 3 N–H and O–H groups in total. The van der Waals surface area contributed by atoms with Crippen LogP contribution >= 0.6 is 0 Å². The van der Waals surface area contributed by atoms with Crippen LogP contribution in [0.2, 0.25) is 0 Å². The molecule has 1 heterocycles. The minimum atomic E-state index is -0.792. The van der Waals surface area contributed by atoms with E-state index in [9.17, 15) is 5.11 Å². The summed E-state index contributed by atoms with van der Waals surface area (Å²) in [6, 6.07) is 9.37. The number of nitrogens with one attached hydrogen (secondary N) is 1. The van der Waals surface area contributed by atoms with E-state index in [1.165, 1.54) is 0 Å². The zero-order valence-electron chi connectivity index (χ0n) is 11.4. The molecular weight excluding hydrogens is 258 g/mol. The second-order valence-electron chi connectivity index (χ2n) is 4.45. The lowest BCUT2D eigenvalue weighted by Crippen LogP contribution is -2.23. The molecule has 108 valence electrons. The van der Waals surface area contributed by atoms with Gasteiger partial charge < -0.3 is 20.3 Å². The summed E-state index contributed by atoms with van der Waals surface area (Å²) in [6.45, 7) is 0.408. The first-order chi connectivity index (χ1) is 9.70. The van der Waals surface area contributed by atoms with Crippen molar-refractivity contribution in [2.75, 3.05) is 18.5 Å². The molecule has 0 amide bonds. The first-order valence-electron chi connectivity index (χ1n) is 6.42. The lowest BCUT2D eigenvalue weighted by molar-refractivity contribution is 0.105. The maximum Gasteiger partial charge on any atom is 0.142 e. The van der Waals surface area contributed by atoms with Crippen LogP contribution in [0, 0.1) is 0 Å². The molecule has 0 radical (unpaired) electrons. The lowest BCUT2D eigenvalue weighted by Gasteiger charge is -2.15. The van der Waals surface area contributed by atoms with Gasteiger partial charge >= 0.3 is 0 Å². The summed E-state index contributed by atoms with van der Waals surface area (Å²) in [7, 11) is 1.86. The predicted molar refractivity (Wildman–Crippen MR) is 75.6 cm³/mol. The second kappa shape index (κ2) is 6.93. The van der Waals surface area contributed by atoms with Crippen molar-refractivity contribution in [3.63, 3.8) is 0 Å². The summed E-state index contributed by atoms with van der Waals surface area (Å²) in [4.78, 5) is 0. The van der Waals surface area contributed by atoms with Crippen molar-refractivity contribution in [2.24, 2.45) is 7.05 Å². The Morgan fingerprint density at radius 3 is 2.85 bits per heavy atom. The van der Waals surface area contributed by atoms with E-state index >= 15 is 0 Å². The highest BCUT2D eigenvalue weighted by Gasteiger charge is 2.07. The Labute approximate surface area is 117 Å². The number of aliphatic hydroxyl groups is 2. The maximum absolute atomic E-state index is 9.36. The van der Waals surface area contributed by atoms with Gasteiger partial charge in [-0.05, 0) is 18.2 Å². The summed E-state index contributed by atoms with van der Waals surface area (Å²) < 4.78 is 7.52. The fourth-order valence-electron chi connectivity index (χ4n) is 1.73. The number of hydrogen-bond acceptors (Lipinski definition) is 5. The van der Waals surface area contributed by atoms with Crippen molar-refractivity contribution in [1.29, 1.82) is 0 Å². The van der Waals surface area contributed by atoms with E-state index in [1.807, 2.05) is 37.4 Å². The molecule has 2 rings (SSSR count). The number of aliphatic hydroxyl groups excluding tert-OH is 2. The van der Waals surface area contributed by atoms with Crippen molar-refractivity contribution in [2.45, 2.75) is 12.7 Å². The summed E-state index contributed by atoms with van der Waals surface area (Å²) in [5, 5.41) is 25.3. The largest absolute Gasteiger partial charge is 0.485 e. The molecule has 0 fully saturated rings. The third kappa shape index (κ3) is 3.72. The van der Waals surface area contributed by atoms with Crippen LogP contribution in [0.4, 0.5) is 5.69 Å². The summed E-state index contributed by atoms with van der Waals surface area (Å²) in [5.41, 5.74) is 1.75. The monoisotopic (exact) mass is 277 g/mol. The Morgan fingerprint density at radius 1 is 1.35 bits per heavy atom. The maximum atomic E-state index is 9.36. The lowest BCUT2D eigenvalue weighted by atomic mass is 10.2. The Kier molecular flexibility index (Phi) is 4.97. The number of hydrogen-bond donors (Lipinski definition) is 3. The fraction of sp³-hybridized carbons (Fsp3) is 0.357. The molecule has 0 aliphatic carbocycles. The van der Waals surface area contributed by atoms with Gasteiger partial charge in [0, 0.05) is 19.8 Å². The van der Waals surface area contributed by atoms with Crippen LogP contribution in [0.1, 0.15) is 5.69 Å². The van der Waals surface area contributed by atoms with E-state index in [0.29, 0.717) is 12.4 Å². The Bertz CT molecular complexity index is 542. The number of aromatic nitrogens is 2. The molecule has 6 heteroatoms. The highest BCUT2D eigenvalue weighted by molar-refractivity contribution is 5.56. The van der Waals surface area contributed by atoms with Gasteiger partial charge in [-0.25, -0.2) is 0 Å². The molecule has 1 aromatic heterocycles. The smallest absolute Gasteiger partial charge is 0.142 e. The van der Waals surface area contributed by atoms with Crippen molar-refractivity contribution in [3.8, 4) is 5.75 Å². The zero-order chi connectivity index (χ0) is 14.4. The standard InChI is InChI=1S/C14H19N3O3/c1-17-11(6-7-16-17)10-20-14-5-3-2-4-13(14)15-8-12(19)9-18/h2-7,12,15,18-19H,8-10H2,1H3.